The molecule has 0 unspecified atom stereocenters. The highest BCUT2D eigenvalue weighted by molar-refractivity contribution is 5.26. The van der Waals surface area contributed by atoms with Crippen molar-refractivity contribution in [1.82, 2.24) is 9.55 Å². The van der Waals surface area contributed by atoms with Crippen molar-refractivity contribution in [2.45, 2.75) is 59.9 Å². The zero-order valence-electron chi connectivity index (χ0n) is 12.5. The summed E-state index contributed by atoms with van der Waals surface area (Å²) in [6.45, 7) is 12.6. The molecule has 1 heterocycles. The Hall–Kier alpha value is -0.990. The molecule has 0 radical (unpaired) electrons. The van der Waals surface area contributed by atoms with Crippen molar-refractivity contribution in [2.75, 3.05) is 11.9 Å². The normalized spacial score (nSPS) is 22.9. The number of nitrogens with one attached hydrogen (secondary N) is 1. The Morgan fingerprint density at radius 3 is 2.44 bits per heavy atom. The number of nitrogens with zero attached hydrogens (tertiary/aromatic N) is 2. The second-order valence-electron chi connectivity index (χ2n) is 7.26. The summed E-state index contributed by atoms with van der Waals surface area (Å²) in [6.07, 6.45) is 7.82. The highest BCUT2D eigenvalue weighted by Gasteiger charge is 2.39. The van der Waals surface area contributed by atoms with Crippen molar-refractivity contribution in [3.8, 4) is 0 Å². The summed E-state index contributed by atoms with van der Waals surface area (Å²) in [5.41, 5.74) is 0.834. The van der Waals surface area contributed by atoms with E-state index in [-0.39, 0.29) is 0 Å². The van der Waals surface area contributed by atoms with E-state index in [1.807, 2.05) is 6.20 Å². The van der Waals surface area contributed by atoms with Crippen LogP contribution in [0.1, 0.15) is 59.9 Å². The third-order valence-electron chi connectivity index (χ3n) is 3.93. The summed E-state index contributed by atoms with van der Waals surface area (Å²) < 4.78 is 2.34. The maximum Gasteiger partial charge on any atom is 0.203 e. The number of anilines is 1. The molecule has 0 saturated heterocycles. The predicted molar refractivity (Wildman–Crippen MR) is 76.8 cm³/mol. The standard InChI is InChI=1S/C15H27N3/c1-6-16-13-17-7-8-18(13)12-9-14(2,3)11-15(4,5)10-12/h7-8,12H,6,9-11H2,1-5H3,(H,16,17). The first kappa shape index (κ1) is 13.4. The summed E-state index contributed by atoms with van der Waals surface area (Å²) in [7, 11) is 0. The van der Waals surface area contributed by atoms with Crippen LogP contribution in [0.15, 0.2) is 12.4 Å². The predicted octanol–water partition coefficient (Wildman–Crippen LogP) is 4.09. The minimum Gasteiger partial charge on any atom is -0.356 e. The summed E-state index contributed by atoms with van der Waals surface area (Å²) >= 11 is 0. The third kappa shape index (κ3) is 2.88. The van der Waals surface area contributed by atoms with Gasteiger partial charge >= 0.3 is 0 Å². The number of aromatic nitrogens is 2. The van der Waals surface area contributed by atoms with Crippen LogP contribution >= 0.6 is 0 Å². The van der Waals surface area contributed by atoms with Gasteiger partial charge in [-0.25, -0.2) is 4.98 Å². The van der Waals surface area contributed by atoms with Crippen LogP contribution in [-0.2, 0) is 0 Å². The lowest BCUT2D eigenvalue weighted by Gasteiger charge is -2.45. The van der Waals surface area contributed by atoms with Gasteiger partial charge in [0.15, 0.2) is 0 Å². The summed E-state index contributed by atoms with van der Waals surface area (Å²) in [4.78, 5) is 4.43. The molecule has 0 aliphatic heterocycles. The zero-order chi connectivity index (χ0) is 13.4. The van der Waals surface area contributed by atoms with Crippen molar-refractivity contribution < 1.29 is 0 Å². The van der Waals surface area contributed by atoms with Crippen LogP contribution in [0, 0.1) is 10.8 Å². The Kier molecular flexibility index (Phi) is 3.43. The molecule has 2 rings (SSSR count). The van der Waals surface area contributed by atoms with Gasteiger partial charge in [-0.2, -0.15) is 0 Å². The Labute approximate surface area is 111 Å². The van der Waals surface area contributed by atoms with E-state index in [4.69, 9.17) is 0 Å². The maximum atomic E-state index is 4.43. The van der Waals surface area contributed by atoms with Gasteiger partial charge in [-0.3, -0.25) is 0 Å². The smallest absolute Gasteiger partial charge is 0.203 e. The number of imidazole rings is 1. The molecule has 1 aliphatic rings. The minimum atomic E-state index is 0.417. The zero-order valence-corrected chi connectivity index (χ0v) is 12.5. The molecule has 1 saturated carbocycles. The third-order valence-corrected chi connectivity index (χ3v) is 3.93. The Bertz CT molecular complexity index is 388. The van der Waals surface area contributed by atoms with Gasteiger partial charge in [0.2, 0.25) is 5.95 Å². The van der Waals surface area contributed by atoms with Crippen molar-refractivity contribution in [3.63, 3.8) is 0 Å². The lowest BCUT2D eigenvalue weighted by molar-refractivity contribution is 0.0730. The molecule has 18 heavy (non-hydrogen) atoms. The van der Waals surface area contributed by atoms with Gasteiger partial charge in [-0.05, 0) is 37.0 Å². The molecule has 1 aromatic heterocycles. The van der Waals surface area contributed by atoms with E-state index in [0.29, 0.717) is 16.9 Å². The van der Waals surface area contributed by atoms with E-state index >= 15 is 0 Å². The first-order chi connectivity index (χ1) is 8.33. The van der Waals surface area contributed by atoms with Gasteiger partial charge in [0, 0.05) is 25.0 Å². The van der Waals surface area contributed by atoms with Crippen LogP contribution in [0.3, 0.4) is 0 Å². The molecule has 0 spiro atoms. The maximum absolute atomic E-state index is 4.43. The largest absolute Gasteiger partial charge is 0.356 e. The van der Waals surface area contributed by atoms with Gasteiger partial charge in [0.05, 0.1) is 0 Å². The molecular formula is C15H27N3. The van der Waals surface area contributed by atoms with Gasteiger partial charge in [0.1, 0.15) is 0 Å². The van der Waals surface area contributed by atoms with Crippen molar-refractivity contribution in [1.29, 1.82) is 0 Å². The summed E-state index contributed by atoms with van der Waals surface area (Å²) in [6, 6.07) is 0.570. The fourth-order valence-corrected chi connectivity index (χ4v) is 3.89. The summed E-state index contributed by atoms with van der Waals surface area (Å²) in [5, 5.41) is 3.36. The number of rotatable bonds is 3. The van der Waals surface area contributed by atoms with Crippen molar-refractivity contribution in [3.05, 3.63) is 12.4 Å². The van der Waals surface area contributed by atoms with Gasteiger partial charge in [0.25, 0.3) is 0 Å². The Morgan fingerprint density at radius 2 is 1.89 bits per heavy atom. The van der Waals surface area contributed by atoms with Crippen LogP contribution in [0.5, 0.6) is 0 Å². The Morgan fingerprint density at radius 1 is 1.28 bits per heavy atom. The van der Waals surface area contributed by atoms with E-state index < -0.39 is 0 Å². The molecule has 0 aromatic carbocycles. The molecule has 3 nitrogen and oxygen atoms in total. The molecule has 1 N–H and O–H groups in total. The van der Waals surface area contributed by atoms with Crippen molar-refractivity contribution in [2.24, 2.45) is 10.8 Å². The molecule has 1 aliphatic carbocycles. The van der Waals surface area contributed by atoms with Crippen LogP contribution in [0.4, 0.5) is 5.95 Å². The van der Waals surface area contributed by atoms with E-state index in [9.17, 15) is 0 Å². The van der Waals surface area contributed by atoms with Crippen molar-refractivity contribution >= 4 is 5.95 Å². The lowest BCUT2D eigenvalue weighted by Crippen LogP contribution is -2.35. The van der Waals surface area contributed by atoms with Crippen LogP contribution in [0.2, 0.25) is 0 Å². The second kappa shape index (κ2) is 4.60. The lowest BCUT2D eigenvalue weighted by atomic mass is 9.63. The monoisotopic (exact) mass is 249 g/mol. The molecule has 1 aromatic rings. The fourth-order valence-electron chi connectivity index (χ4n) is 3.89. The number of hydrogen-bond donors (Lipinski definition) is 1. The average molecular weight is 249 g/mol. The molecule has 1 fully saturated rings. The SMILES string of the molecule is CCNc1nccn1C1CC(C)(C)CC(C)(C)C1. The highest BCUT2D eigenvalue weighted by Crippen LogP contribution is 2.50. The van der Waals surface area contributed by atoms with E-state index in [1.54, 1.807) is 0 Å². The van der Waals surface area contributed by atoms with Gasteiger partial charge in [-0.1, -0.05) is 27.7 Å². The molecule has 102 valence electrons. The molecular weight excluding hydrogens is 222 g/mol. The van der Waals surface area contributed by atoms with E-state index in [1.165, 1.54) is 19.3 Å². The van der Waals surface area contributed by atoms with Gasteiger partial charge in [-0.15, -0.1) is 0 Å². The molecule has 3 heteroatoms. The first-order valence-electron chi connectivity index (χ1n) is 7.10. The quantitative estimate of drug-likeness (QED) is 0.874. The summed E-state index contributed by atoms with van der Waals surface area (Å²) in [5.74, 6) is 1.02. The first-order valence-corrected chi connectivity index (χ1v) is 7.10. The highest BCUT2D eigenvalue weighted by atomic mass is 15.2. The van der Waals surface area contributed by atoms with Crippen LogP contribution < -0.4 is 5.32 Å². The number of hydrogen-bond acceptors (Lipinski definition) is 2. The average Bonchev–Trinajstić information content (AvgIpc) is 2.61. The minimum absolute atomic E-state index is 0.417. The van der Waals surface area contributed by atoms with Crippen LogP contribution in [-0.4, -0.2) is 16.1 Å². The molecule has 0 bridgehead atoms. The Balaban J connectivity index is 2.24. The van der Waals surface area contributed by atoms with Gasteiger partial charge < -0.3 is 9.88 Å². The molecule has 0 atom stereocenters. The van der Waals surface area contributed by atoms with Crippen LogP contribution in [0.25, 0.3) is 0 Å². The molecule has 0 amide bonds. The fraction of sp³-hybridized carbons (Fsp3) is 0.800. The topological polar surface area (TPSA) is 29.9 Å². The van der Waals surface area contributed by atoms with E-state index in [2.05, 4.69) is 55.7 Å². The second-order valence-corrected chi connectivity index (χ2v) is 7.26. The van der Waals surface area contributed by atoms with E-state index in [0.717, 1.165) is 12.5 Å².